The number of nitrogens with one attached hydrogen (secondary N) is 1. The lowest BCUT2D eigenvalue weighted by Crippen LogP contribution is -2.44. The van der Waals surface area contributed by atoms with Crippen molar-refractivity contribution in [2.75, 3.05) is 53.2 Å². The van der Waals surface area contributed by atoms with Gasteiger partial charge in [0.05, 0.1) is 13.2 Å². The van der Waals surface area contributed by atoms with Crippen LogP contribution in [0.1, 0.15) is 19.3 Å². The van der Waals surface area contributed by atoms with Gasteiger partial charge in [-0.15, -0.1) is 0 Å². The minimum Gasteiger partial charge on any atom is -0.396 e. The highest BCUT2D eigenvalue weighted by Gasteiger charge is 2.26. The second-order valence-corrected chi connectivity index (χ2v) is 5.07. The lowest BCUT2D eigenvalue weighted by molar-refractivity contribution is -0.140. The van der Waals surface area contributed by atoms with Crippen LogP contribution in [0.25, 0.3) is 0 Å². The van der Waals surface area contributed by atoms with Crippen LogP contribution in [0, 0.1) is 5.92 Å². The highest BCUT2D eigenvalue weighted by atomic mass is 16.5. The summed E-state index contributed by atoms with van der Waals surface area (Å²) in [6.07, 6.45) is 1.92. The maximum Gasteiger partial charge on any atom is 0.248 e. The number of aliphatic hydroxyl groups is 1. The van der Waals surface area contributed by atoms with Crippen molar-refractivity contribution < 1.29 is 24.2 Å². The minimum absolute atomic E-state index is 0.0203. The first kappa shape index (κ1) is 17.9. The van der Waals surface area contributed by atoms with Gasteiger partial charge in [0.1, 0.15) is 6.61 Å². The van der Waals surface area contributed by atoms with Gasteiger partial charge in [0.2, 0.25) is 11.8 Å². The summed E-state index contributed by atoms with van der Waals surface area (Å²) < 4.78 is 10.0. The number of nitrogens with zero attached hydrogens (tertiary/aromatic N) is 1. The number of rotatable bonds is 9. The fourth-order valence-electron chi connectivity index (χ4n) is 2.22. The van der Waals surface area contributed by atoms with E-state index in [0.717, 1.165) is 0 Å². The van der Waals surface area contributed by atoms with E-state index >= 15 is 0 Å². The number of piperidine rings is 1. The predicted octanol–water partition coefficient (Wildman–Crippen LogP) is -0.613. The number of hydrogen-bond donors (Lipinski definition) is 2. The molecule has 2 amide bonds. The average Bonchev–Trinajstić information content (AvgIpc) is 2.51. The molecule has 0 aliphatic carbocycles. The van der Waals surface area contributed by atoms with Crippen LogP contribution in [0.4, 0.5) is 0 Å². The van der Waals surface area contributed by atoms with E-state index in [9.17, 15) is 9.59 Å². The quantitative estimate of drug-likeness (QED) is 0.555. The summed E-state index contributed by atoms with van der Waals surface area (Å²) in [5.41, 5.74) is 0. The van der Waals surface area contributed by atoms with Crippen LogP contribution in [0.5, 0.6) is 0 Å². The number of hydrogen-bond acceptors (Lipinski definition) is 5. The predicted molar refractivity (Wildman–Crippen MR) is 76.7 cm³/mol. The smallest absolute Gasteiger partial charge is 0.248 e. The van der Waals surface area contributed by atoms with Gasteiger partial charge in [0, 0.05) is 39.3 Å². The molecular weight excluding hydrogens is 276 g/mol. The molecule has 7 heteroatoms. The molecule has 122 valence electrons. The van der Waals surface area contributed by atoms with Gasteiger partial charge in [-0.2, -0.15) is 0 Å². The molecule has 21 heavy (non-hydrogen) atoms. The second-order valence-electron chi connectivity index (χ2n) is 5.07. The van der Waals surface area contributed by atoms with E-state index < -0.39 is 0 Å². The Balaban J connectivity index is 2.18. The lowest BCUT2D eigenvalue weighted by Gasteiger charge is -2.31. The van der Waals surface area contributed by atoms with Crippen molar-refractivity contribution in [3.63, 3.8) is 0 Å². The SMILES string of the molecule is COCCOCC(=O)N1CCC(C(=O)NCCCO)CC1. The molecule has 1 heterocycles. The molecular formula is C14H26N2O5. The molecule has 1 fully saturated rings. The van der Waals surface area contributed by atoms with E-state index in [1.54, 1.807) is 12.0 Å². The lowest BCUT2D eigenvalue weighted by atomic mass is 9.96. The second kappa shape index (κ2) is 10.5. The van der Waals surface area contributed by atoms with Crippen molar-refractivity contribution in [1.82, 2.24) is 10.2 Å². The third kappa shape index (κ3) is 6.88. The maximum absolute atomic E-state index is 11.9. The number of likely N-dealkylation sites (tertiary alicyclic amines) is 1. The van der Waals surface area contributed by atoms with Crippen molar-refractivity contribution >= 4 is 11.8 Å². The molecule has 0 saturated carbocycles. The summed E-state index contributed by atoms with van der Waals surface area (Å²) >= 11 is 0. The van der Waals surface area contributed by atoms with Crippen LogP contribution < -0.4 is 5.32 Å². The van der Waals surface area contributed by atoms with E-state index in [-0.39, 0.29) is 30.9 Å². The van der Waals surface area contributed by atoms with Gasteiger partial charge in [-0.3, -0.25) is 9.59 Å². The average molecular weight is 302 g/mol. The Hall–Kier alpha value is -1.18. The van der Waals surface area contributed by atoms with Crippen LogP contribution in [0.3, 0.4) is 0 Å². The minimum atomic E-state index is -0.0397. The van der Waals surface area contributed by atoms with E-state index in [1.165, 1.54) is 0 Å². The monoisotopic (exact) mass is 302 g/mol. The zero-order valence-corrected chi connectivity index (χ0v) is 12.7. The number of carbonyl (C=O) groups is 2. The molecule has 0 spiro atoms. The summed E-state index contributed by atoms with van der Waals surface area (Å²) in [7, 11) is 1.58. The number of aliphatic hydroxyl groups excluding tert-OH is 1. The van der Waals surface area contributed by atoms with Gasteiger partial charge in [0.15, 0.2) is 0 Å². The highest BCUT2D eigenvalue weighted by Crippen LogP contribution is 2.17. The topological polar surface area (TPSA) is 88.1 Å². The normalized spacial score (nSPS) is 16.0. The van der Waals surface area contributed by atoms with Crippen LogP contribution >= 0.6 is 0 Å². The Labute approximate surface area is 125 Å². The molecule has 1 aliphatic heterocycles. The standard InChI is InChI=1S/C14H26N2O5/c1-20-9-10-21-11-13(18)16-6-3-12(4-7-16)14(19)15-5-2-8-17/h12,17H,2-11H2,1H3,(H,15,19). The molecule has 1 rings (SSSR count). The third-order valence-electron chi connectivity index (χ3n) is 3.51. The Morgan fingerprint density at radius 3 is 2.62 bits per heavy atom. The molecule has 1 aliphatic rings. The number of amides is 2. The first-order valence-corrected chi connectivity index (χ1v) is 7.42. The van der Waals surface area contributed by atoms with E-state index in [0.29, 0.717) is 52.1 Å². The molecule has 0 aromatic heterocycles. The number of ether oxygens (including phenoxy) is 2. The Morgan fingerprint density at radius 2 is 2.00 bits per heavy atom. The Kier molecular flexibility index (Phi) is 8.96. The van der Waals surface area contributed by atoms with Gasteiger partial charge in [0.25, 0.3) is 0 Å². The van der Waals surface area contributed by atoms with Gasteiger partial charge in [-0.05, 0) is 19.3 Å². The number of carbonyl (C=O) groups excluding carboxylic acids is 2. The molecule has 1 saturated heterocycles. The largest absolute Gasteiger partial charge is 0.396 e. The van der Waals surface area contributed by atoms with Crippen molar-refractivity contribution in [3.05, 3.63) is 0 Å². The van der Waals surface area contributed by atoms with Gasteiger partial charge in [-0.25, -0.2) is 0 Å². The van der Waals surface area contributed by atoms with Crippen molar-refractivity contribution in [2.45, 2.75) is 19.3 Å². The summed E-state index contributed by atoms with van der Waals surface area (Å²) in [6, 6.07) is 0. The molecule has 0 atom stereocenters. The van der Waals surface area contributed by atoms with Gasteiger partial charge in [-0.1, -0.05) is 0 Å². The molecule has 0 aromatic rings. The Bertz CT molecular complexity index is 316. The molecule has 0 unspecified atom stereocenters. The summed E-state index contributed by atoms with van der Waals surface area (Å²) in [4.78, 5) is 25.5. The first-order valence-electron chi connectivity index (χ1n) is 7.42. The van der Waals surface area contributed by atoms with Crippen LogP contribution in [0.2, 0.25) is 0 Å². The molecule has 2 N–H and O–H groups in total. The molecule has 0 aromatic carbocycles. The van der Waals surface area contributed by atoms with Crippen molar-refractivity contribution in [2.24, 2.45) is 5.92 Å². The third-order valence-corrected chi connectivity index (χ3v) is 3.51. The van der Waals surface area contributed by atoms with Crippen LogP contribution in [-0.2, 0) is 19.1 Å². The van der Waals surface area contributed by atoms with E-state index in [2.05, 4.69) is 5.32 Å². The first-order chi connectivity index (χ1) is 10.2. The molecule has 0 bridgehead atoms. The fraction of sp³-hybridized carbons (Fsp3) is 0.857. The highest BCUT2D eigenvalue weighted by molar-refractivity contribution is 5.80. The maximum atomic E-state index is 11.9. The van der Waals surface area contributed by atoms with Crippen LogP contribution in [-0.4, -0.2) is 75.0 Å². The number of methoxy groups -OCH3 is 1. The summed E-state index contributed by atoms with van der Waals surface area (Å²) in [5, 5.41) is 11.5. The van der Waals surface area contributed by atoms with Gasteiger partial charge < -0.3 is 24.8 Å². The van der Waals surface area contributed by atoms with Crippen molar-refractivity contribution in [3.8, 4) is 0 Å². The Morgan fingerprint density at radius 1 is 1.29 bits per heavy atom. The molecule has 7 nitrogen and oxygen atoms in total. The fourth-order valence-corrected chi connectivity index (χ4v) is 2.22. The van der Waals surface area contributed by atoms with Crippen LogP contribution in [0.15, 0.2) is 0 Å². The summed E-state index contributed by atoms with van der Waals surface area (Å²) in [6.45, 7) is 2.71. The van der Waals surface area contributed by atoms with E-state index in [4.69, 9.17) is 14.6 Å². The van der Waals surface area contributed by atoms with E-state index in [1.807, 2.05) is 0 Å². The summed E-state index contributed by atoms with van der Waals surface area (Å²) in [5.74, 6) is -0.0562. The molecule has 0 radical (unpaired) electrons. The van der Waals surface area contributed by atoms with Crippen molar-refractivity contribution in [1.29, 1.82) is 0 Å². The zero-order valence-electron chi connectivity index (χ0n) is 12.7. The van der Waals surface area contributed by atoms with Gasteiger partial charge >= 0.3 is 0 Å². The zero-order chi connectivity index (χ0) is 15.5.